The van der Waals surface area contributed by atoms with Crippen LogP contribution in [0.25, 0.3) is 0 Å². The molecule has 0 amide bonds. The number of rotatable bonds is 2. The van der Waals surface area contributed by atoms with Gasteiger partial charge in [0, 0.05) is 31.9 Å². The van der Waals surface area contributed by atoms with E-state index >= 15 is 0 Å². The minimum Gasteiger partial charge on any atom is -0.370 e. The standard InChI is InChI=1S/C18H17F2N3/c19-14-5-7-15(8-6-14)22-9-2-10-23(12-11-22)18-4-1-3-17(20)16(18)13-21/h1,3-8H,2,9-12H2. The molecule has 118 valence electrons. The molecule has 1 heterocycles. The Morgan fingerprint density at radius 3 is 2.30 bits per heavy atom. The van der Waals surface area contributed by atoms with Gasteiger partial charge in [-0.05, 0) is 42.8 Å². The summed E-state index contributed by atoms with van der Waals surface area (Å²) in [6.07, 6.45) is 0.888. The number of nitrogens with zero attached hydrogens (tertiary/aromatic N) is 3. The molecule has 0 radical (unpaired) electrons. The molecule has 0 saturated carbocycles. The van der Waals surface area contributed by atoms with Gasteiger partial charge < -0.3 is 9.80 Å². The van der Waals surface area contributed by atoms with E-state index in [1.54, 1.807) is 24.3 Å². The minimum absolute atomic E-state index is 0.0998. The van der Waals surface area contributed by atoms with E-state index in [0.29, 0.717) is 12.2 Å². The normalized spacial score (nSPS) is 15.2. The second-order valence-electron chi connectivity index (χ2n) is 5.55. The highest BCUT2D eigenvalue weighted by Crippen LogP contribution is 2.25. The lowest BCUT2D eigenvalue weighted by atomic mass is 10.1. The van der Waals surface area contributed by atoms with Gasteiger partial charge in [0.1, 0.15) is 23.3 Å². The molecule has 0 spiro atoms. The molecule has 0 aromatic heterocycles. The summed E-state index contributed by atoms with van der Waals surface area (Å²) >= 11 is 0. The van der Waals surface area contributed by atoms with Gasteiger partial charge in [0.2, 0.25) is 0 Å². The van der Waals surface area contributed by atoms with Crippen LogP contribution in [-0.4, -0.2) is 26.2 Å². The smallest absolute Gasteiger partial charge is 0.143 e. The van der Waals surface area contributed by atoms with Crippen LogP contribution in [0.2, 0.25) is 0 Å². The molecule has 1 saturated heterocycles. The summed E-state index contributed by atoms with van der Waals surface area (Å²) in [5.41, 5.74) is 1.73. The monoisotopic (exact) mass is 313 g/mol. The van der Waals surface area contributed by atoms with Crippen LogP contribution in [0.1, 0.15) is 12.0 Å². The van der Waals surface area contributed by atoms with Crippen molar-refractivity contribution in [3.8, 4) is 6.07 Å². The van der Waals surface area contributed by atoms with E-state index in [-0.39, 0.29) is 11.4 Å². The fourth-order valence-electron chi connectivity index (χ4n) is 2.96. The fourth-order valence-corrected chi connectivity index (χ4v) is 2.96. The highest BCUT2D eigenvalue weighted by molar-refractivity contribution is 5.60. The Bertz CT molecular complexity index is 722. The van der Waals surface area contributed by atoms with Crippen LogP contribution in [0, 0.1) is 23.0 Å². The van der Waals surface area contributed by atoms with Gasteiger partial charge in [-0.15, -0.1) is 0 Å². The van der Waals surface area contributed by atoms with Gasteiger partial charge in [-0.25, -0.2) is 8.78 Å². The van der Waals surface area contributed by atoms with Crippen LogP contribution in [0.3, 0.4) is 0 Å². The van der Waals surface area contributed by atoms with Crippen molar-refractivity contribution in [2.75, 3.05) is 36.0 Å². The number of benzene rings is 2. The summed E-state index contributed by atoms with van der Waals surface area (Å²) in [5, 5.41) is 9.19. The molecule has 0 bridgehead atoms. The zero-order chi connectivity index (χ0) is 16.2. The van der Waals surface area contributed by atoms with Gasteiger partial charge in [0.25, 0.3) is 0 Å². The molecule has 3 rings (SSSR count). The van der Waals surface area contributed by atoms with E-state index in [0.717, 1.165) is 31.7 Å². The van der Waals surface area contributed by atoms with E-state index in [4.69, 9.17) is 0 Å². The summed E-state index contributed by atoms with van der Waals surface area (Å²) in [7, 11) is 0. The van der Waals surface area contributed by atoms with Crippen molar-refractivity contribution < 1.29 is 8.78 Å². The third kappa shape index (κ3) is 3.26. The predicted octanol–water partition coefficient (Wildman–Crippen LogP) is 3.55. The molecule has 23 heavy (non-hydrogen) atoms. The molecule has 2 aromatic rings. The maximum absolute atomic E-state index is 13.8. The average molecular weight is 313 g/mol. The Morgan fingerprint density at radius 2 is 1.57 bits per heavy atom. The van der Waals surface area contributed by atoms with Crippen molar-refractivity contribution in [1.29, 1.82) is 5.26 Å². The van der Waals surface area contributed by atoms with Crippen molar-refractivity contribution in [3.63, 3.8) is 0 Å². The third-order valence-electron chi connectivity index (χ3n) is 4.13. The molecule has 5 heteroatoms. The minimum atomic E-state index is -0.482. The first-order chi connectivity index (χ1) is 11.2. The van der Waals surface area contributed by atoms with Crippen molar-refractivity contribution >= 4 is 11.4 Å². The van der Waals surface area contributed by atoms with Gasteiger partial charge in [-0.3, -0.25) is 0 Å². The van der Waals surface area contributed by atoms with Gasteiger partial charge in [0.15, 0.2) is 0 Å². The average Bonchev–Trinajstić information content (AvgIpc) is 2.81. The third-order valence-corrected chi connectivity index (χ3v) is 4.13. The zero-order valence-electron chi connectivity index (χ0n) is 12.7. The molecule has 3 nitrogen and oxygen atoms in total. The number of hydrogen-bond donors (Lipinski definition) is 0. The van der Waals surface area contributed by atoms with Crippen molar-refractivity contribution in [2.45, 2.75) is 6.42 Å². The van der Waals surface area contributed by atoms with Crippen LogP contribution in [0.4, 0.5) is 20.2 Å². The lowest BCUT2D eigenvalue weighted by molar-refractivity contribution is 0.622. The SMILES string of the molecule is N#Cc1c(F)cccc1N1CCCN(c2ccc(F)cc2)CC1. The van der Waals surface area contributed by atoms with Crippen LogP contribution < -0.4 is 9.80 Å². The van der Waals surface area contributed by atoms with Gasteiger partial charge in [-0.1, -0.05) is 6.07 Å². The molecule has 0 aliphatic carbocycles. The van der Waals surface area contributed by atoms with Gasteiger partial charge >= 0.3 is 0 Å². The highest BCUT2D eigenvalue weighted by Gasteiger charge is 2.19. The molecule has 1 aliphatic rings. The molecule has 1 aliphatic heterocycles. The summed E-state index contributed by atoms with van der Waals surface area (Å²) in [4.78, 5) is 4.23. The Morgan fingerprint density at radius 1 is 0.870 bits per heavy atom. The van der Waals surface area contributed by atoms with Crippen molar-refractivity contribution in [3.05, 3.63) is 59.7 Å². The summed E-state index contributed by atoms with van der Waals surface area (Å²) in [6, 6.07) is 13.1. The van der Waals surface area contributed by atoms with E-state index in [9.17, 15) is 14.0 Å². The predicted molar refractivity (Wildman–Crippen MR) is 86.6 cm³/mol. The summed E-state index contributed by atoms with van der Waals surface area (Å²) in [5.74, 6) is -0.728. The van der Waals surface area contributed by atoms with Gasteiger partial charge in [0.05, 0.1) is 5.69 Å². The second kappa shape index (κ2) is 6.66. The highest BCUT2D eigenvalue weighted by atomic mass is 19.1. The van der Waals surface area contributed by atoms with Crippen LogP contribution >= 0.6 is 0 Å². The Balaban J connectivity index is 1.78. The molecular formula is C18H17F2N3. The van der Waals surface area contributed by atoms with E-state index in [1.165, 1.54) is 18.2 Å². The van der Waals surface area contributed by atoms with Crippen LogP contribution in [-0.2, 0) is 0 Å². The Labute approximate surface area is 134 Å². The largest absolute Gasteiger partial charge is 0.370 e. The first-order valence-electron chi connectivity index (χ1n) is 7.63. The molecule has 0 N–H and O–H groups in total. The molecular weight excluding hydrogens is 296 g/mol. The number of nitriles is 1. The molecule has 2 aromatic carbocycles. The van der Waals surface area contributed by atoms with E-state index < -0.39 is 5.82 Å². The zero-order valence-corrected chi connectivity index (χ0v) is 12.7. The van der Waals surface area contributed by atoms with Crippen molar-refractivity contribution in [2.24, 2.45) is 0 Å². The maximum atomic E-state index is 13.8. The van der Waals surface area contributed by atoms with E-state index in [1.807, 2.05) is 11.0 Å². The second-order valence-corrected chi connectivity index (χ2v) is 5.55. The molecule has 1 fully saturated rings. The van der Waals surface area contributed by atoms with Crippen LogP contribution in [0.5, 0.6) is 0 Å². The van der Waals surface area contributed by atoms with Crippen molar-refractivity contribution in [1.82, 2.24) is 0 Å². The van der Waals surface area contributed by atoms with E-state index in [2.05, 4.69) is 4.90 Å². The first-order valence-corrected chi connectivity index (χ1v) is 7.63. The van der Waals surface area contributed by atoms with Gasteiger partial charge in [-0.2, -0.15) is 5.26 Å². The first kappa shape index (κ1) is 15.3. The quantitative estimate of drug-likeness (QED) is 0.849. The van der Waals surface area contributed by atoms with Crippen LogP contribution in [0.15, 0.2) is 42.5 Å². The summed E-state index contributed by atoms with van der Waals surface area (Å²) in [6.45, 7) is 3.04. The summed E-state index contributed by atoms with van der Waals surface area (Å²) < 4.78 is 26.8. The molecule has 0 unspecified atom stereocenters. The fraction of sp³-hybridized carbons (Fsp3) is 0.278. The number of halogens is 2. The number of anilines is 2. The maximum Gasteiger partial charge on any atom is 0.143 e. The number of hydrogen-bond acceptors (Lipinski definition) is 3. The molecule has 0 atom stereocenters. The Hall–Kier alpha value is -2.61. The Kier molecular flexibility index (Phi) is 4.42. The lowest BCUT2D eigenvalue weighted by Gasteiger charge is -2.25. The topological polar surface area (TPSA) is 30.3 Å². The lowest BCUT2D eigenvalue weighted by Crippen LogP contribution is -2.31.